The molecule has 2 fully saturated rings. The average molecular weight is 253 g/mol. The van der Waals surface area contributed by atoms with E-state index in [4.69, 9.17) is 4.74 Å². The summed E-state index contributed by atoms with van der Waals surface area (Å²) in [5, 5.41) is 3.80. The Kier molecular flexibility index (Phi) is 5.50. The molecule has 1 aliphatic heterocycles. The van der Waals surface area contributed by atoms with E-state index in [0.29, 0.717) is 12.1 Å². The van der Waals surface area contributed by atoms with Crippen LogP contribution in [0.4, 0.5) is 0 Å². The maximum atomic E-state index is 6.04. The molecule has 0 amide bonds. The average Bonchev–Trinajstić information content (AvgIpc) is 2.78. The second-order valence-electron chi connectivity index (χ2n) is 6.60. The molecule has 3 unspecified atom stereocenters. The lowest BCUT2D eigenvalue weighted by Crippen LogP contribution is -2.48. The van der Waals surface area contributed by atoms with Crippen LogP contribution < -0.4 is 5.32 Å². The molecule has 0 bridgehead atoms. The van der Waals surface area contributed by atoms with Crippen LogP contribution in [0.5, 0.6) is 0 Å². The summed E-state index contributed by atoms with van der Waals surface area (Å²) in [4.78, 5) is 0. The molecule has 2 heteroatoms. The Morgan fingerprint density at radius 3 is 2.39 bits per heavy atom. The molecule has 0 aromatic heterocycles. The van der Waals surface area contributed by atoms with Crippen molar-refractivity contribution in [2.75, 3.05) is 13.2 Å². The highest BCUT2D eigenvalue weighted by molar-refractivity contribution is 4.91. The minimum absolute atomic E-state index is 0.468. The second kappa shape index (κ2) is 6.91. The van der Waals surface area contributed by atoms with E-state index in [1.807, 2.05) is 0 Å². The third kappa shape index (κ3) is 3.48. The smallest absolute Gasteiger partial charge is 0.0756 e. The van der Waals surface area contributed by atoms with Crippen LogP contribution in [-0.2, 0) is 4.74 Å². The highest BCUT2D eigenvalue weighted by Crippen LogP contribution is 2.35. The quantitative estimate of drug-likeness (QED) is 0.808. The van der Waals surface area contributed by atoms with Gasteiger partial charge in [-0.1, -0.05) is 33.6 Å². The number of rotatable bonds is 5. The van der Waals surface area contributed by atoms with Crippen molar-refractivity contribution < 1.29 is 4.74 Å². The summed E-state index contributed by atoms with van der Waals surface area (Å²) in [7, 11) is 0. The fraction of sp³-hybridized carbons (Fsp3) is 1.00. The number of ether oxygens (including phenoxy) is 1. The van der Waals surface area contributed by atoms with Crippen molar-refractivity contribution >= 4 is 0 Å². The van der Waals surface area contributed by atoms with Crippen molar-refractivity contribution in [3.05, 3.63) is 0 Å². The molecule has 2 rings (SSSR count). The van der Waals surface area contributed by atoms with E-state index in [-0.39, 0.29) is 0 Å². The van der Waals surface area contributed by atoms with Crippen LogP contribution in [0.2, 0.25) is 0 Å². The first-order valence-electron chi connectivity index (χ1n) is 8.07. The maximum absolute atomic E-state index is 6.04. The van der Waals surface area contributed by atoms with Gasteiger partial charge in [0.2, 0.25) is 0 Å². The molecule has 1 aliphatic carbocycles. The lowest BCUT2D eigenvalue weighted by molar-refractivity contribution is 0.0304. The second-order valence-corrected chi connectivity index (χ2v) is 6.60. The Labute approximate surface area is 113 Å². The number of hydrogen-bond donors (Lipinski definition) is 1. The normalized spacial score (nSPS) is 38.8. The zero-order chi connectivity index (χ0) is 13.0. The Balaban J connectivity index is 1.95. The summed E-state index contributed by atoms with van der Waals surface area (Å²) >= 11 is 0. The van der Waals surface area contributed by atoms with Crippen molar-refractivity contribution in [3.8, 4) is 0 Å². The molecule has 1 N–H and O–H groups in total. The van der Waals surface area contributed by atoms with E-state index < -0.39 is 0 Å². The fourth-order valence-corrected chi connectivity index (χ4v) is 3.68. The molecule has 1 heterocycles. The fourth-order valence-electron chi connectivity index (χ4n) is 3.68. The van der Waals surface area contributed by atoms with Crippen LogP contribution in [0.15, 0.2) is 0 Å². The van der Waals surface area contributed by atoms with Gasteiger partial charge in [0.25, 0.3) is 0 Å². The number of nitrogens with one attached hydrogen (secondary N) is 1. The third-order valence-corrected chi connectivity index (χ3v) is 5.00. The van der Waals surface area contributed by atoms with Gasteiger partial charge in [-0.05, 0) is 50.0 Å². The van der Waals surface area contributed by atoms with Gasteiger partial charge >= 0.3 is 0 Å². The minimum atomic E-state index is 0.468. The first-order chi connectivity index (χ1) is 8.72. The molecule has 3 atom stereocenters. The standard InChI is InChI=1S/C16H31NO/c1-4-10-17-15(16-13(3)9-11-18-16)14-7-5-12(2)6-8-14/h12-17H,4-11H2,1-3H3. The van der Waals surface area contributed by atoms with Gasteiger partial charge in [-0.15, -0.1) is 0 Å². The van der Waals surface area contributed by atoms with E-state index >= 15 is 0 Å². The largest absolute Gasteiger partial charge is 0.376 e. The van der Waals surface area contributed by atoms with Gasteiger partial charge in [-0.2, -0.15) is 0 Å². The summed E-state index contributed by atoms with van der Waals surface area (Å²) in [6.45, 7) is 9.14. The third-order valence-electron chi connectivity index (χ3n) is 5.00. The van der Waals surface area contributed by atoms with Crippen molar-refractivity contribution in [1.82, 2.24) is 5.32 Å². The van der Waals surface area contributed by atoms with Gasteiger partial charge < -0.3 is 10.1 Å². The monoisotopic (exact) mass is 253 g/mol. The maximum Gasteiger partial charge on any atom is 0.0756 e. The Bertz CT molecular complexity index is 235. The van der Waals surface area contributed by atoms with E-state index in [9.17, 15) is 0 Å². The first-order valence-corrected chi connectivity index (χ1v) is 8.07. The van der Waals surface area contributed by atoms with Crippen LogP contribution >= 0.6 is 0 Å². The van der Waals surface area contributed by atoms with Crippen molar-refractivity contribution in [1.29, 1.82) is 0 Å². The van der Waals surface area contributed by atoms with E-state index in [0.717, 1.165) is 30.9 Å². The highest BCUT2D eigenvalue weighted by Gasteiger charge is 2.37. The highest BCUT2D eigenvalue weighted by atomic mass is 16.5. The Morgan fingerprint density at radius 2 is 1.83 bits per heavy atom. The Hall–Kier alpha value is -0.0800. The number of hydrogen-bond acceptors (Lipinski definition) is 2. The van der Waals surface area contributed by atoms with Crippen LogP contribution in [0.1, 0.15) is 59.3 Å². The van der Waals surface area contributed by atoms with Gasteiger partial charge in [0.15, 0.2) is 0 Å². The van der Waals surface area contributed by atoms with Crippen LogP contribution in [0, 0.1) is 17.8 Å². The molecular weight excluding hydrogens is 222 g/mol. The van der Waals surface area contributed by atoms with Gasteiger partial charge in [0, 0.05) is 12.6 Å². The van der Waals surface area contributed by atoms with Gasteiger partial charge in [0.1, 0.15) is 0 Å². The lowest BCUT2D eigenvalue weighted by atomic mass is 9.76. The molecule has 1 saturated heterocycles. The molecule has 2 nitrogen and oxygen atoms in total. The molecule has 0 aromatic rings. The van der Waals surface area contributed by atoms with Gasteiger partial charge in [-0.25, -0.2) is 0 Å². The van der Waals surface area contributed by atoms with E-state index in [1.165, 1.54) is 38.5 Å². The summed E-state index contributed by atoms with van der Waals surface area (Å²) < 4.78 is 6.04. The molecule has 1 saturated carbocycles. The summed E-state index contributed by atoms with van der Waals surface area (Å²) in [6, 6.07) is 0.606. The van der Waals surface area contributed by atoms with Gasteiger partial charge in [0.05, 0.1) is 6.10 Å². The topological polar surface area (TPSA) is 21.3 Å². The summed E-state index contributed by atoms with van der Waals surface area (Å²) in [5.41, 5.74) is 0. The molecule has 18 heavy (non-hydrogen) atoms. The SMILES string of the molecule is CCCNC(C1CCC(C)CC1)C1OCCC1C. The molecular formula is C16H31NO. The summed E-state index contributed by atoms with van der Waals surface area (Å²) in [5.74, 6) is 2.52. The molecule has 0 radical (unpaired) electrons. The first kappa shape index (κ1) is 14.3. The van der Waals surface area contributed by atoms with Crippen molar-refractivity contribution in [2.45, 2.75) is 71.4 Å². The minimum Gasteiger partial charge on any atom is -0.376 e. The van der Waals surface area contributed by atoms with Crippen LogP contribution in [0.3, 0.4) is 0 Å². The lowest BCUT2D eigenvalue weighted by Gasteiger charge is -2.37. The predicted octanol–water partition coefficient (Wildman–Crippen LogP) is 3.61. The molecule has 0 aromatic carbocycles. The summed E-state index contributed by atoms with van der Waals surface area (Å²) in [6.07, 6.45) is 8.56. The van der Waals surface area contributed by atoms with Crippen molar-refractivity contribution in [3.63, 3.8) is 0 Å². The van der Waals surface area contributed by atoms with Crippen molar-refractivity contribution in [2.24, 2.45) is 17.8 Å². The van der Waals surface area contributed by atoms with Crippen LogP contribution in [-0.4, -0.2) is 25.3 Å². The van der Waals surface area contributed by atoms with Gasteiger partial charge in [-0.3, -0.25) is 0 Å². The predicted molar refractivity (Wildman–Crippen MR) is 76.7 cm³/mol. The zero-order valence-corrected chi connectivity index (χ0v) is 12.5. The van der Waals surface area contributed by atoms with E-state index in [2.05, 4.69) is 26.1 Å². The molecule has 2 aliphatic rings. The van der Waals surface area contributed by atoms with Crippen LogP contribution in [0.25, 0.3) is 0 Å². The molecule has 0 spiro atoms. The van der Waals surface area contributed by atoms with E-state index in [1.54, 1.807) is 0 Å². The molecule has 106 valence electrons. The zero-order valence-electron chi connectivity index (χ0n) is 12.5. The Morgan fingerprint density at radius 1 is 1.11 bits per heavy atom.